The molecule has 2 fully saturated rings. The number of hydrogen-bond donors (Lipinski definition) is 2. The highest BCUT2D eigenvalue weighted by Crippen LogP contribution is 2.30. The van der Waals surface area contributed by atoms with Crippen LogP contribution in [0.25, 0.3) is 11.3 Å². The lowest BCUT2D eigenvalue weighted by Crippen LogP contribution is -2.51. The molecule has 0 spiro atoms. The standard InChI is InChI=1S/C21H32N6O/c1-4-27-15(3)20(14(2)25-27)17-12-18(24-23-17)21(28)22-13-16-8-7-11-26-10-6-5-9-19(16)26/h12,16,19H,4-11,13H2,1-3H3,(H,22,28)(H,23,24)/t16-,19-/m0/s1. The van der Waals surface area contributed by atoms with Crippen LogP contribution in [-0.4, -0.2) is 56.5 Å². The van der Waals surface area contributed by atoms with E-state index in [0.29, 0.717) is 17.7 Å². The van der Waals surface area contributed by atoms with Crippen molar-refractivity contribution in [3.05, 3.63) is 23.1 Å². The quantitative estimate of drug-likeness (QED) is 0.831. The van der Waals surface area contributed by atoms with Gasteiger partial charge in [0.25, 0.3) is 5.91 Å². The van der Waals surface area contributed by atoms with Gasteiger partial charge in [0, 0.05) is 30.4 Å². The molecule has 0 saturated carbocycles. The molecule has 2 N–H and O–H groups in total. The highest BCUT2D eigenvalue weighted by atomic mass is 16.1. The van der Waals surface area contributed by atoms with Gasteiger partial charge in [-0.2, -0.15) is 10.2 Å². The van der Waals surface area contributed by atoms with E-state index in [9.17, 15) is 4.79 Å². The summed E-state index contributed by atoms with van der Waals surface area (Å²) in [7, 11) is 0. The Labute approximate surface area is 166 Å². The number of aromatic amines is 1. The number of carbonyl (C=O) groups is 1. The molecule has 2 atom stereocenters. The first-order valence-electron chi connectivity index (χ1n) is 10.7. The third-order valence-electron chi connectivity index (χ3n) is 6.51. The van der Waals surface area contributed by atoms with Crippen LogP contribution in [0, 0.1) is 19.8 Å². The molecule has 1 amide bonds. The molecule has 2 aliphatic heterocycles. The van der Waals surface area contributed by atoms with E-state index in [-0.39, 0.29) is 5.91 Å². The van der Waals surface area contributed by atoms with E-state index in [1.807, 2.05) is 24.6 Å². The molecular weight excluding hydrogens is 352 g/mol. The van der Waals surface area contributed by atoms with Gasteiger partial charge in [0.1, 0.15) is 5.69 Å². The third-order valence-corrected chi connectivity index (χ3v) is 6.51. The Bertz CT molecular complexity index is 836. The number of nitrogens with one attached hydrogen (secondary N) is 2. The van der Waals surface area contributed by atoms with Crippen LogP contribution >= 0.6 is 0 Å². The highest BCUT2D eigenvalue weighted by molar-refractivity contribution is 5.93. The van der Waals surface area contributed by atoms with Crippen LogP contribution in [0.4, 0.5) is 0 Å². The number of nitrogens with zero attached hydrogens (tertiary/aromatic N) is 4. The van der Waals surface area contributed by atoms with E-state index in [0.717, 1.165) is 35.7 Å². The fraction of sp³-hybridized carbons (Fsp3) is 0.667. The van der Waals surface area contributed by atoms with Crippen molar-refractivity contribution in [2.75, 3.05) is 19.6 Å². The fourth-order valence-electron chi connectivity index (χ4n) is 5.08. The summed E-state index contributed by atoms with van der Waals surface area (Å²) >= 11 is 0. The van der Waals surface area contributed by atoms with Crippen molar-refractivity contribution in [1.82, 2.24) is 30.2 Å². The molecule has 28 heavy (non-hydrogen) atoms. The monoisotopic (exact) mass is 384 g/mol. The summed E-state index contributed by atoms with van der Waals surface area (Å²) in [4.78, 5) is 15.3. The number of fused-ring (bicyclic) bond motifs is 1. The lowest BCUT2D eigenvalue weighted by Gasteiger charge is -2.44. The summed E-state index contributed by atoms with van der Waals surface area (Å²) in [5, 5.41) is 15.0. The predicted molar refractivity (Wildman–Crippen MR) is 109 cm³/mol. The SMILES string of the molecule is CCn1nc(C)c(-c2cc(C(=O)NC[C@@H]3CCCN4CCCC[C@@H]34)[nH]n2)c1C. The zero-order valence-corrected chi connectivity index (χ0v) is 17.3. The Kier molecular flexibility index (Phi) is 5.53. The van der Waals surface area contributed by atoms with Gasteiger partial charge in [0.15, 0.2) is 0 Å². The minimum atomic E-state index is -0.0649. The van der Waals surface area contributed by atoms with Gasteiger partial charge in [-0.15, -0.1) is 0 Å². The van der Waals surface area contributed by atoms with E-state index in [1.54, 1.807) is 0 Å². The fourth-order valence-corrected chi connectivity index (χ4v) is 5.08. The minimum Gasteiger partial charge on any atom is -0.350 e. The molecule has 2 aromatic rings. The second-order valence-electron chi connectivity index (χ2n) is 8.24. The lowest BCUT2D eigenvalue weighted by atomic mass is 9.83. The van der Waals surface area contributed by atoms with Crippen LogP contribution in [0.3, 0.4) is 0 Å². The highest BCUT2D eigenvalue weighted by Gasteiger charge is 2.33. The Hall–Kier alpha value is -2.15. The van der Waals surface area contributed by atoms with Crippen LogP contribution in [0.5, 0.6) is 0 Å². The van der Waals surface area contributed by atoms with Crippen molar-refractivity contribution in [3.8, 4) is 11.3 Å². The summed E-state index contributed by atoms with van der Waals surface area (Å²) in [6, 6.07) is 2.49. The third kappa shape index (κ3) is 3.60. The zero-order chi connectivity index (χ0) is 19.7. The molecule has 4 heterocycles. The number of H-pyrrole nitrogens is 1. The maximum Gasteiger partial charge on any atom is 0.269 e. The maximum atomic E-state index is 12.7. The molecule has 2 aromatic heterocycles. The molecule has 2 saturated heterocycles. The van der Waals surface area contributed by atoms with Crippen molar-refractivity contribution in [1.29, 1.82) is 0 Å². The number of rotatable bonds is 5. The second-order valence-corrected chi connectivity index (χ2v) is 8.24. The molecule has 0 radical (unpaired) electrons. The first-order valence-corrected chi connectivity index (χ1v) is 10.7. The van der Waals surface area contributed by atoms with E-state index in [4.69, 9.17) is 0 Å². The summed E-state index contributed by atoms with van der Waals surface area (Å²) in [6.07, 6.45) is 6.36. The van der Waals surface area contributed by atoms with E-state index in [1.165, 1.54) is 45.2 Å². The second kappa shape index (κ2) is 8.07. The van der Waals surface area contributed by atoms with Gasteiger partial charge in [-0.25, -0.2) is 0 Å². The molecular formula is C21H32N6O. The molecule has 7 nitrogen and oxygen atoms in total. The van der Waals surface area contributed by atoms with Crippen LogP contribution in [-0.2, 0) is 6.54 Å². The summed E-state index contributed by atoms with van der Waals surface area (Å²) in [5.41, 5.74) is 4.35. The molecule has 0 aromatic carbocycles. The minimum absolute atomic E-state index is 0.0649. The van der Waals surface area contributed by atoms with Crippen molar-refractivity contribution in [3.63, 3.8) is 0 Å². The van der Waals surface area contributed by atoms with Crippen molar-refractivity contribution < 1.29 is 4.79 Å². The Morgan fingerprint density at radius 1 is 1.25 bits per heavy atom. The average molecular weight is 385 g/mol. The van der Waals surface area contributed by atoms with Crippen LogP contribution in [0.15, 0.2) is 6.07 Å². The van der Waals surface area contributed by atoms with Gasteiger partial charge in [-0.3, -0.25) is 14.6 Å². The molecule has 0 unspecified atom stereocenters. The molecule has 7 heteroatoms. The van der Waals surface area contributed by atoms with E-state index >= 15 is 0 Å². The van der Waals surface area contributed by atoms with Gasteiger partial charge in [-0.05, 0) is 71.5 Å². The van der Waals surface area contributed by atoms with Crippen LogP contribution in [0.1, 0.15) is 60.9 Å². The van der Waals surface area contributed by atoms with E-state index in [2.05, 4.69) is 32.4 Å². The molecule has 0 bridgehead atoms. The Balaban J connectivity index is 1.42. The Morgan fingerprint density at radius 3 is 2.86 bits per heavy atom. The van der Waals surface area contributed by atoms with Crippen molar-refractivity contribution in [2.45, 2.75) is 65.5 Å². The van der Waals surface area contributed by atoms with Gasteiger partial charge in [0.2, 0.25) is 0 Å². The molecule has 2 aliphatic rings. The molecule has 4 rings (SSSR count). The summed E-state index contributed by atoms with van der Waals surface area (Å²) < 4.78 is 1.97. The number of aryl methyl sites for hydroxylation is 2. The number of amides is 1. The van der Waals surface area contributed by atoms with Gasteiger partial charge < -0.3 is 10.2 Å². The zero-order valence-electron chi connectivity index (χ0n) is 17.3. The normalized spacial score (nSPS) is 22.8. The average Bonchev–Trinajstić information content (AvgIpc) is 3.30. The van der Waals surface area contributed by atoms with Crippen LogP contribution < -0.4 is 5.32 Å². The Morgan fingerprint density at radius 2 is 2.07 bits per heavy atom. The van der Waals surface area contributed by atoms with Crippen molar-refractivity contribution >= 4 is 5.91 Å². The predicted octanol–water partition coefficient (Wildman–Crippen LogP) is 2.90. The molecule has 152 valence electrons. The topological polar surface area (TPSA) is 78.8 Å². The number of aromatic nitrogens is 4. The first-order chi connectivity index (χ1) is 13.6. The summed E-state index contributed by atoms with van der Waals surface area (Å²) in [5.74, 6) is 0.498. The molecule has 0 aliphatic carbocycles. The summed E-state index contributed by atoms with van der Waals surface area (Å²) in [6.45, 7) is 10.1. The van der Waals surface area contributed by atoms with E-state index < -0.39 is 0 Å². The smallest absolute Gasteiger partial charge is 0.269 e. The van der Waals surface area contributed by atoms with Crippen LogP contribution in [0.2, 0.25) is 0 Å². The number of piperidine rings is 2. The first kappa shape index (κ1) is 19.2. The van der Waals surface area contributed by atoms with Crippen molar-refractivity contribution in [2.24, 2.45) is 5.92 Å². The lowest BCUT2D eigenvalue weighted by molar-refractivity contribution is 0.0575. The van der Waals surface area contributed by atoms with Gasteiger partial charge in [0.05, 0.1) is 11.4 Å². The maximum absolute atomic E-state index is 12.7. The van der Waals surface area contributed by atoms with Gasteiger partial charge >= 0.3 is 0 Å². The van der Waals surface area contributed by atoms with Gasteiger partial charge in [-0.1, -0.05) is 6.42 Å². The largest absolute Gasteiger partial charge is 0.350 e. The number of hydrogen-bond acceptors (Lipinski definition) is 4. The number of carbonyl (C=O) groups excluding carboxylic acids is 1.